The van der Waals surface area contributed by atoms with Crippen LogP contribution in [0.25, 0.3) is 0 Å². The van der Waals surface area contributed by atoms with Gasteiger partial charge in [-0.1, -0.05) is 6.07 Å². The molecule has 2 saturated heterocycles. The number of hydrogen-bond donors (Lipinski definition) is 1. The maximum absolute atomic E-state index is 12.1. The van der Waals surface area contributed by atoms with Crippen molar-refractivity contribution in [2.75, 3.05) is 47.0 Å². The largest absolute Gasteiger partial charge is 0.497 e. The third-order valence-corrected chi connectivity index (χ3v) is 5.75. The van der Waals surface area contributed by atoms with Crippen LogP contribution in [0, 0.1) is 5.41 Å². The highest BCUT2D eigenvalue weighted by Gasteiger charge is 2.41. The molecule has 2 aliphatic heterocycles. The molecule has 1 amide bonds. The molecule has 2 fully saturated rings. The smallest absolute Gasteiger partial charge is 0.222 e. The summed E-state index contributed by atoms with van der Waals surface area (Å²) in [5.74, 6) is 1.83. The third kappa shape index (κ3) is 4.13. The van der Waals surface area contributed by atoms with E-state index in [-0.39, 0.29) is 17.9 Å². The molecule has 1 N–H and O–H groups in total. The summed E-state index contributed by atoms with van der Waals surface area (Å²) in [4.78, 5) is 16.4. The first kappa shape index (κ1) is 19.0. The van der Waals surface area contributed by atoms with Crippen molar-refractivity contribution >= 4 is 5.91 Å². The highest BCUT2D eigenvalue weighted by molar-refractivity contribution is 5.77. The van der Waals surface area contributed by atoms with Crippen LogP contribution in [-0.2, 0) is 11.3 Å². The van der Waals surface area contributed by atoms with E-state index in [1.807, 2.05) is 17.0 Å². The van der Waals surface area contributed by atoms with Crippen LogP contribution in [0.15, 0.2) is 18.2 Å². The number of benzene rings is 1. The Hall–Kier alpha value is -1.79. The van der Waals surface area contributed by atoms with Crippen molar-refractivity contribution in [3.8, 4) is 11.5 Å². The van der Waals surface area contributed by atoms with E-state index < -0.39 is 0 Å². The van der Waals surface area contributed by atoms with Gasteiger partial charge in [0.1, 0.15) is 11.5 Å². The van der Waals surface area contributed by atoms with E-state index in [0.29, 0.717) is 13.0 Å². The number of aliphatic hydroxyl groups excluding tert-OH is 1. The van der Waals surface area contributed by atoms with Crippen molar-refractivity contribution in [3.05, 3.63) is 23.8 Å². The molecule has 0 saturated carbocycles. The molecular formula is C20H30N2O4. The number of likely N-dealkylation sites (tertiary alicyclic amines) is 2. The van der Waals surface area contributed by atoms with Gasteiger partial charge >= 0.3 is 0 Å². The highest BCUT2D eigenvalue weighted by Crippen LogP contribution is 2.39. The number of carbonyl (C=O) groups excluding carboxylic acids is 1. The molecule has 1 aromatic rings. The number of hydrogen-bond acceptors (Lipinski definition) is 5. The van der Waals surface area contributed by atoms with E-state index in [9.17, 15) is 9.90 Å². The Labute approximate surface area is 155 Å². The minimum Gasteiger partial charge on any atom is -0.497 e. The van der Waals surface area contributed by atoms with Gasteiger partial charge in [0.2, 0.25) is 5.91 Å². The van der Waals surface area contributed by atoms with E-state index in [1.165, 1.54) is 0 Å². The van der Waals surface area contributed by atoms with Gasteiger partial charge in [0.25, 0.3) is 0 Å². The second-order valence-corrected chi connectivity index (χ2v) is 7.53. The van der Waals surface area contributed by atoms with Gasteiger partial charge in [-0.15, -0.1) is 0 Å². The molecule has 144 valence electrons. The van der Waals surface area contributed by atoms with Gasteiger partial charge in [0, 0.05) is 49.6 Å². The first-order valence-electron chi connectivity index (χ1n) is 9.41. The summed E-state index contributed by atoms with van der Waals surface area (Å²) in [6.45, 7) is 4.13. The molecule has 2 heterocycles. The monoisotopic (exact) mass is 362 g/mol. The van der Waals surface area contributed by atoms with Crippen LogP contribution >= 0.6 is 0 Å². The molecule has 26 heavy (non-hydrogen) atoms. The molecule has 1 spiro atoms. The van der Waals surface area contributed by atoms with Crippen LogP contribution < -0.4 is 9.47 Å². The number of β-amino-alcohol motifs (C(OH)–C–C–N with tert-alkyl or cyclic N) is 1. The Morgan fingerprint density at radius 3 is 2.77 bits per heavy atom. The zero-order chi connectivity index (χ0) is 18.6. The van der Waals surface area contributed by atoms with Crippen molar-refractivity contribution in [1.29, 1.82) is 0 Å². The molecule has 2 aliphatic rings. The first-order chi connectivity index (χ1) is 12.6. The first-order valence-corrected chi connectivity index (χ1v) is 9.41. The summed E-state index contributed by atoms with van der Waals surface area (Å²) in [7, 11) is 3.35. The normalized spacial score (nSPS) is 24.1. The Morgan fingerprint density at radius 1 is 1.19 bits per heavy atom. The maximum atomic E-state index is 12.1. The molecule has 1 atom stereocenters. The fourth-order valence-corrected chi connectivity index (χ4v) is 4.43. The Morgan fingerprint density at radius 2 is 2.04 bits per heavy atom. The van der Waals surface area contributed by atoms with Gasteiger partial charge in [-0.2, -0.15) is 0 Å². The number of rotatable bonds is 6. The lowest BCUT2D eigenvalue weighted by Crippen LogP contribution is -2.54. The molecular weight excluding hydrogens is 332 g/mol. The van der Waals surface area contributed by atoms with Crippen molar-refractivity contribution in [1.82, 2.24) is 9.80 Å². The number of methoxy groups -OCH3 is 2. The average molecular weight is 362 g/mol. The van der Waals surface area contributed by atoms with E-state index in [0.717, 1.165) is 62.5 Å². The zero-order valence-corrected chi connectivity index (χ0v) is 15.9. The van der Waals surface area contributed by atoms with Crippen molar-refractivity contribution in [2.45, 2.75) is 32.2 Å². The van der Waals surface area contributed by atoms with E-state index in [4.69, 9.17) is 9.47 Å². The number of ether oxygens (including phenoxy) is 2. The second-order valence-electron chi connectivity index (χ2n) is 7.53. The quantitative estimate of drug-likeness (QED) is 0.837. The van der Waals surface area contributed by atoms with Crippen LogP contribution in [-0.4, -0.2) is 67.8 Å². The molecule has 1 aromatic carbocycles. The Balaban J connectivity index is 1.70. The van der Waals surface area contributed by atoms with Gasteiger partial charge in [-0.05, 0) is 31.9 Å². The number of amides is 1. The fraction of sp³-hybridized carbons (Fsp3) is 0.650. The zero-order valence-electron chi connectivity index (χ0n) is 15.9. The van der Waals surface area contributed by atoms with Crippen molar-refractivity contribution < 1.29 is 19.4 Å². The summed E-state index contributed by atoms with van der Waals surface area (Å²) in [6, 6.07) is 5.97. The molecule has 0 bridgehead atoms. The molecule has 0 aromatic heterocycles. The summed E-state index contributed by atoms with van der Waals surface area (Å²) in [5, 5.41) is 9.24. The summed E-state index contributed by atoms with van der Waals surface area (Å²) in [6.07, 6.45) is 3.84. The topological polar surface area (TPSA) is 62.2 Å². The van der Waals surface area contributed by atoms with Crippen LogP contribution in [0.5, 0.6) is 11.5 Å². The molecule has 6 heteroatoms. The van der Waals surface area contributed by atoms with Crippen LogP contribution in [0.1, 0.15) is 31.2 Å². The molecule has 0 radical (unpaired) electrons. The van der Waals surface area contributed by atoms with Gasteiger partial charge in [-0.25, -0.2) is 0 Å². The lowest BCUT2D eigenvalue weighted by Gasteiger charge is -2.48. The minimum absolute atomic E-state index is 0.0363. The van der Waals surface area contributed by atoms with Gasteiger partial charge in [-0.3, -0.25) is 9.69 Å². The van der Waals surface area contributed by atoms with Crippen molar-refractivity contribution in [2.24, 2.45) is 5.41 Å². The number of nitrogens with zero attached hydrogens (tertiary/aromatic N) is 2. The SMILES string of the molecule is COc1ccc(CN2CCC[C@@]3(CCC(=O)N(CCO)C3)C2)c(OC)c1. The molecule has 0 unspecified atom stereocenters. The second kappa shape index (κ2) is 8.27. The third-order valence-electron chi connectivity index (χ3n) is 5.75. The van der Waals surface area contributed by atoms with Crippen LogP contribution in [0.3, 0.4) is 0 Å². The summed E-state index contributed by atoms with van der Waals surface area (Å²) in [5.41, 5.74) is 1.31. The van der Waals surface area contributed by atoms with Crippen molar-refractivity contribution in [3.63, 3.8) is 0 Å². The number of piperidine rings is 2. The number of carbonyl (C=O) groups is 1. The van der Waals surface area contributed by atoms with Gasteiger partial charge < -0.3 is 19.5 Å². The van der Waals surface area contributed by atoms with Gasteiger partial charge in [0.15, 0.2) is 0 Å². The van der Waals surface area contributed by atoms with Gasteiger partial charge in [0.05, 0.1) is 20.8 Å². The summed E-state index contributed by atoms with van der Waals surface area (Å²) >= 11 is 0. The fourth-order valence-electron chi connectivity index (χ4n) is 4.43. The molecule has 6 nitrogen and oxygen atoms in total. The van der Waals surface area contributed by atoms with Crippen LogP contribution in [0.2, 0.25) is 0 Å². The van der Waals surface area contributed by atoms with E-state index in [1.54, 1.807) is 14.2 Å². The standard InChI is InChI=1S/C20H30N2O4/c1-25-17-5-4-16(18(12-17)26-2)13-21-9-3-7-20(14-21)8-6-19(24)22(15-20)10-11-23/h4-5,12,23H,3,6-11,13-15H2,1-2H3/t20-/m1/s1. The van der Waals surface area contributed by atoms with E-state index >= 15 is 0 Å². The lowest BCUT2D eigenvalue weighted by atomic mass is 9.73. The summed E-state index contributed by atoms with van der Waals surface area (Å²) < 4.78 is 10.8. The number of aliphatic hydroxyl groups is 1. The van der Waals surface area contributed by atoms with Crippen LogP contribution in [0.4, 0.5) is 0 Å². The highest BCUT2D eigenvalue weighted by atomic mass is 16.5. The Bertz CT molecular complexity index is 636. The minimum atomic E-state index is 0.0363. The predicted octanol–water partition coefficient (Wildman–Crippen LogP) is 1.90. The maximum Gasteiger partial charge on any atom is 0.222 e. The molecule has 0 aliphatic carbocycles. The Kier molecular flexibility index (Phi) is 6.04. The predicted molar refractivity (Wildman–Crippen MR) is 99.4 cm³/mol. The average Bonchev–Trinajstić information content (AvgIpc) is 2.66. The van der Waals surface area contributed by atoms with E-state index in [2.05, 4.69) is 11.0 Å². The lowest BCUT2D eigenvalue weighted by molar-refractivity contribution is -0.140. The molecule has 3 rings (SSSR count).